The number of carbonyl (C=O) groups excluding carboxylic acids is 1. The monoisotopic (exact) mass is 295 g/mol. The van der Waals surface area contributed by atoms with Crippen molar-refractivity contribution in [3.63, 3.8) is 0 Å². The summed E-state index contributed by atoms with van der Waals surface area (Å²) in [6.45, 7) is 0. The number of esters is 1. The van der Waals surface area contributed by atoms with Gasteiger partial charge in [-0.25, -0.2) is 4.98 Å². The summed E-state index contributed by atoms with van der Waals surface area (Å²) in [4.78, 5) is 14.4. The van der Waals surface area contributed by atoms with Crippen LogP contribution in [0, 0.1) is 9.65 Å². The van der Waals surface area contributed by atoms with Crippen molar-refractivity contribution in [3.8, 4) is 0 Å². The molecule has 0 N–H and O–H groups in total. The third-order valence-electron chi connectivity index (χ3n) is 1.40. The average Bonchev–Trinajstić information content (AvgIpc) is 2.02. The fourth-order valence-corrected chi connectivity index (χ4v) is 1.49. The van der Waals surface area contributed by atoms with Crippen LogP contribution < -0.4 is 0 Å². The van der Waals surface area contributed by atoms with Gasteiger partial charge in [-0.1, -0.05) is 0 Å². The van der Waals surface area contributed by atoms with E-state index in [0.717, 1.165) is 0 Å². The first-order valence-electron chi connectivity index (χ1n) is 3.50. The second-order valence-electron chi connectivity index (χ2n) is 2.37. The predicted octanol–water partition coefficient (Wildman–Crippen LogP) is 1.54. The van der Waals surface area contributed by atoms with Gasteiger partial charge in [0.15, 0.2) is 0 Å². The fourth-order valence-electron chi connectivity index (χ4n) is 0.855. The smallest absolute Gasteiger partial charge is 0.309 e. The molecule has 0 radical (unpaired) electrons. The minimum atomic E-state index is -0.578. The number of hydrogen-bond donors (Lipinski definition) is 0. The van der Waals surface area contributed by atoms with Crippen molar-refractivity contribution in [1.29, 1.82) is 0 Å². The van der Waals surface area contributed by atoms with Gasteiger partial charge in [0.05, 0.1) is 13.5 Å². The summed E-state index contributed by atoms with van der Waals surface area (Å²) in [5.41, 5.74) is 0.573. The Morgan fingerprint density at radius 1 is 1.69 bits per heavy atom. The zero-order valence-corrected chi connectivity index (χ0v) is 9.04. The first kappa shape index (κ1) is 10.4. The number of halogens is 2. The summed E-state index contributed by atoms with van der Waals surface area (Å²) in [6, 6.07) is 2.86. The molecular weight excluding hydrogens is 288 g/mol. The van der Waals surface area contributed by atoms with Gasteiger partial charge in [0.1, 0.15) is 3.70 Å². The Balaban J connectivity index is 2.83. The molecule has 3 nitrogen and oxygen atoms in total. The number of rotatable bonds is 2. The largest absolute Gasteiger partial charge is 0.469 e. The van der Waals surface area contributed by atoms with E-state index in [1.54, 1.807) is 6.07 Å². The van der Waals surface area contributed by atoms with Gasteiger partial charge in [0, 0.05) is 0 Å². The summed E-state index contributed by atoms with van der Waals surface area (Å²) in [7, 11) is 1.30. The van der Waals surface area contributed by atoms with Crippen LogP contribution in [0.2, 0.25) is 0 Å². The van der Waals surface area contributed by atoms with E-state index in [1.807, 2.05) is 22.6 Å². The Hall–Kier alpha value is -0.720. The molecule has 0 saturated heterocycles. The van der Waals surface area contributed by atoms with Gasteiger partial charge in [-0.05, 0) is 40.3 Å². The number of ether oxygens (including phenoxy) is 1. The first-order chi connectivity index (χ1) is 6.11. The highest BCUT2D eigenvalue weighted by molar-refractivity contribution is 14.1. The van der Waals surface area contributed by atoms with Crippen LogP contribution in [-0.4, -0.2) is 18.1 Å². The molecule has 0 unspecified atom stereocenters. The van der Waals surface area contributed by atoms with Crippen molar-refractivity contribution < 1.29 is 13.9 Å². The molecule has 1 aromatic rings. The highest BCUT2D eigenvalue weighted by Crippen LogP contribution is 2.08. The lowest BCUT2D eigenvalue weighted by molar-refractivity contribution is -0.139. The topological polar surface area (TPSA) is 39.2 Å². The van der Waals surface area contributed by atoms with Crippen molar-refractivity contribution >= 4 is 28.6 Å². The molecular formula is C8H7FINO2. The zero-order chi connectivity index (χ0) is 9.84. The van der Waals surface area contributed by atoms with E-state index in [1.165, 1.54) is 13.2 Å². The number of carbonyl (C=O) groups is 1. The lowest BCUT2D eigenvalue weighted by Gasteiger charge is -2.00. The molecule has 0 aromatic carbocycles. The Morgan fingerprint density at radius 2 is 2.38 bits per heavy atom. The second kappa shape index (κ2) is 4.50. The molecule has 0 saturated carbocycles. The maximum atomic E-state index is 12.7. The van der Waals surface area contributed by atoms with Crippen LogP contribution in [0.25, 0.3) is 0 Å². The van der Waals surface area contributed by atoms with Gasteiger partial charge >= 0.3 is 5.97 Å². The Bertz CT molecular complexity index is 310. The van der Waals surface area contributed by atoms with Crippen molar-refractivity contribution in [1.82, 2.24) is 4.98 Å². The Morgan fingerprint density at radius 3 is 2.92 bits per heavy atom. The SMILES string of the molecule is COC(=O)Cc1cc(F)nc(I)c1. The van der Waals surface area contributed by atoms with Crippen LogP contribution in [-0.2, 0) is 16.0 Å². The van der Waals surface area contributed by atoms with Gasteiger partial charge in [-0.3, -0.25) is 4.79 Å². The van der Waals surface area contributed by atoms with E-state index in [9.17, 15) is 9.18 Å². The van der Waals surface area contributed by atoms with E-state index in [4.69, 9.17) is 0 Å². The van der Waals surface area contributed by atoms with Crippen molar-refractivity contribution in [2.45, 2.75) is 6.42 Å². The molecule has 1 heterocycles. The summed E-state index contributed by atoms with van der Waals surface area (Å²) in [5.74, 6) is -0.966. The van der Waals surface area contributed by atoms with E-state index in [0.29, 0.717) is 9.26 Å². The van der Waals surface area contributed by atoms with Crippen LogP contribution >= 0.6 is 22.6 Å². The van der Waals surface area contributed by atoms with Crippen molar-refractivity contribution in [2.75, 3.05) is 7.11 Å². The van der Waals surface area contributed by atoms with Gasteiger partial charge in [-0.2, -0.15) is 4.39 Å². The Kier molecular flexibility index (Phi) is 3.58. The summed E-state index contributed by atoms with van der Waals surface area (Å²) in [6.07, 6.45) is 0.0753. The maximum absolute atomic E-state index is 12.7. The van der Waals surface area contributed by atoms with E-state index < -0.39 is 5.95 Å². The molecule has 1 aromatic heterocycles. The number of pyridine rings is 1. The van der Waals surface area contributed by atoms with Crippen LogP contribution in [0.3, 0.4) is 0 Å². The first-order valence-corrected chi connectivity index (χ1v) is 4.58. The highest BCUT2D eigenvalue weighted by Gasteiger charge is 2.05. The molecule has 13 heavy (non-hydrogen) atoms. The lowest BCUT2D eigenvalue weighted by Crippen LogP contribution is -2.05. The molecule has 0 aliphatic rings. The molecule has 0 spiro atoms. The molecule has 0 bridgehead atoms. The molecule has 0 aliphatic heterocycles. The second-order valence-corrected chi connectivity index (χ2v) is 3.48. The normalized spacial score (nSPS) is 9.77. The lowest BCUT2D eigenvalue weighted by atomic mass is 10.2. The predicted molar refractivity (Wildman–Crippen MR) is 52.6 cm³/mol. The van der Waals surface area contributed by atoms with Crippen molar-refractivity contribution in [2.24, 2.45) is 0 Å². The van der Waals surface area contributed by atoms with Crippen LogP contribution in [0.4, 0.5) is 4.39 Å². The fraction of sp³-hybridized carbons (Fsp3) is 0.250. The van der Waals surface area contributed by atoms with Crippen LogP contribution in [0.15, 0.2) is 12.1 Å². The third kappa shape index (κ3) is 3.25. The molecule has 0 fully saturated rings. The number of methoxy groups -OCH3 is 1. The number of nitrogens with zero attached hydrogens (tertiary/aromatic N) is 1. The van der Waals surface area contributed by atoms with Crippen LogP contribution in [0.5, 0.6) is 0 Å². The quantitative estimate of drug-likeness (QED) is 0.472. The Labute approximate surface area is 88.4 Å². The molecule has 5 heteroatoms. The third-order valence-corrected chi connectivity index (χ3v) is 1.95. The minimum Gasteiger partial charge on any atom is -0.469 e. The van der Waals surface area contributed by atoms with E-state index >= 15 is 0 Å². The van der Waals surface area contributed by atoms with E-state index in [2.05, 4.69) is 9.72 Å². The molecule has 70 valence electrons. The average molecular weight is 295 g/mol. The molecule has 0 atom stereocenters. The van der Waals surface area contributed by atoms with Gasteiger partial charge in [0.25, 0.3) is 0 Å². The minimum absolute atomic E-state index is 0.0753. The standard InChI is InChI=1S/C8H7FINO2/c1-13-8(12)4-5-2-6(9)11-7(10)3-5/h2-3H,4H2,1H3. The van der Waals surface area contributed by atoms with Gasteiger partial charge in [-0.15, -0.1) is 0 Å². The molecule has 0 amide bonds. The highest BCUT2D eigenvalue weighted by atomic mass is 127. The summed E-state index contributed by atoms with van der Waals surface area (Å²) < 4.78 is 17.7. The maximum Gasteiger partial charge on any atom is 0.309 e. The van der Waals surface area contributed by atoms with Crippen LogP contribution in [0.1, 0.15) is 5.56 Å². The number of aromatic nitrogens is 1. The van der Waals surface area contributed by atoms with Crippen molar-refractivity contribution in [3.05, 3.63) is 27.3 Å². The number of hydrogen-bond acceptors (Lipinski definition) is 3. The van der Waals surface area contributed by atoms with E-state index in [-0.39, 0.29) is 12.4 Å². The molecule has 1 rings (SSSR count). The molecule has 0 aliphatic carbocycles. The van der Waals surface area contributed by atoms with Gasteiger partial charge < -0.3 is 4.74 Å². The summed E-state index contributed by atoms with van der Waals surface area (Å²) in [5, 5.41) is 0. The summed E-state index contributed by atoms with van der Waals surface area (Å²) >= 11 is 1.89. The zero-order valence-electron chi connectivity index (χ0n) is 6.88. The van der Waals surface area contributed by atoms with Gasteiger partial charge in [0.2, 0.25) is 5.95 Å².